The molecule has 236 valence electrons. The molecule has 4 aliphatic heterocycles. The van der Waals surface area contributed by atoms with Crippen molar-refractivity contribution in [1.82, 2.24) is 19.9 Å². The molecule has 8 rings (SSSR count). The molecule has 2 atom stereocenters. The van der Waals surface area contributed by atoms with Gasteiger partial charge in [0.05, 0.1) is 24.1 Å². The van der Waals surface area contributed by atoms with Crippen LogP contribution in [0.5, 0.6) is 11.8 Å². The summed E-state index contributed by atoms with van der Waals surface area (Å²) in [6.45, 7) is 9.69. The normalized spacial score (nSPS) is 24.4. The Kier molecular flexibility index (Phi) is 6.87. The van der Waals surface area contributed by atoms with Gasteiger partial charge in [0.15, 0.2) is 5.82 Å². The van der Waals surface area contributed by atoms with Crippen molar-refractivity contribution in [2.45, 2.75) is 57.9 Å². The Morgan fingerprint density at radius 2 is 1.96 bits per heavy atom. The first kappa shape index (κ1) is 28.8. The van der Waals surface area contributed by atoms with E-state index in [1.54, 1.807) is 18.3 Å². The van der Waals surface area contributed by atoms with Gasteiger partial charge in [0.25, 0.3) is 0 Å². The van der Waals surface area contributed by atoms with Gasteiger partial charge in [0, 0.05) is 36.8 Å². The Labute approximate surface area is 261 Å². The van der Waals surface area contributed by atoms with Crippen LogP contribution in [0.2, 0.25) is 0 Å². The molecule has 0 radical (unpaired) electrons. The lowest BCUT2D eigenvalue weighted by Crippen LogP contribution is -2.54. The summed E-state index contributed by atoms with van der Waals surface area (Å²) in [6.07, 6.45) is 7.35. The topological polar surface area (TPSA) is 83.8 Å². The molecule has 1 spiro atoms. The summed E-state index contributed by atoms with van der Waals surface area (Å²) in [4.78, 5) is 18.9. The minimum atomic E-state index is -0.645. The van der Waals surface area contributed by atoms with Gasteiger partial charge < -0.3 is 19.5 Å². The largest absolute Gasteiger partial charge is 0.508 e. The second-order valence-electron chi connectivity index (χ2n) is 13.9. The Morgan fingerprint density at radius 1 is 1.11 bits per heavy atom. The molecular formula is C35H39F2N5O3. The van der Waals surface area contributed by atoms with E-state index in [4.69, 9.17) is 14.5 Å². The van der Waals surface area contributed by atoms with Crippen molar-refractivity contribution in [3.63, 3.8) is 0 Å². The summed E-state index contributed by atoms with van der Waals surface area (Å²) in [5.41, 5.74) is 0.922. The summed E-state index contributed by atoms with van der Waals surface area (Å²) in [5.74, 6) is 0.136. The molecule has 0 saturated carbocycles. The van der Waals surface area contributed by atoms with Gasteiger partial charge in [-0.05, 0) is 85.5 Å². The average Bonchev–Trinajstić information content (AvgIpc) is 3.55. The number of aromatic nitrogens is 3. The fourth-order valence-corrected chi connectivity index (χ4v) is 8.58. The van der Waals surface area contributed by atoms with Crippen LogP contribution in [-0.2, 0) is 11.2 Å². The highest BCUT2D eigenvalue weighted by atomic mass is 19.1. The number of hydrogen-bond acceptors (Lipinski definition) is 8. The van der Waals surface area contributed by atoms with Crippen LogP contribution in [0.4, 0.5) is 14.6 Å². The van der Waals surface area contributed by atoms with E-state index < -0.39 is 5.82 Å². The molecule has 6 heterocycles. The zero-order valence-electron chi connectivity index (χ0n) is 25.9. The molecule has 10 heteroatoms. The highest BCUT2D eigenvalue weighted by Crippen LogP contribution is 2.44. The van der Waals surface area contributed by atoms with Crippen molar-refractivity contribution in [2.75, 3.05) is 50.9 Å². The van der Waals surface area contributed by atoms with E-state index in [0.717, 1.165) is 58.3 Å². The lowest BCUT2D eigenvalue weighted by molar-refractivity contribution is -0.117. The molecule has 2 aromatic heterocycles. The van der Waals surface area contributed by atoms with E-state index in [0.29, 0.717) is 65.3 Å². The van der Waals surface area contributed by atoms with Crippen molar-refractivity contribution in [3.05, 3.63) is 47.7 Å². The maximum Gasteiger partial charge on any atom is 0.319 e. The van der Waals surface area contributed by atoms with Crippen LogP contribution in [0, 0.1) is 23.0 Å². The number of aromatic hydroxyl groups is 1. The van der Waals surface area contributed by atoms with Gasteiger partial charge in [-0.1, -0.05) is 19.9 Å². The van der Waals surface area contributed by atoms with Gasteiger partial charge >= 0.3 is 6.01 Å². The van der Waals surface area contributed by atoms with E-state index in [9.17, 15) is 9.50 Å². The quantitative estimate of drug-likeness (QED) is 0.272. The van der Waals surface area contributed by atoms with Crippen molar-refractivity contribution in [3.8, 4) is 23.0 Å². The monoisotopic (exact) mass is 615 g/mol. The number of pyridine rings is 1. The molecule has 45 heavy (non-hydrogen) atoms. The lowest BCUT2D eigenvalue weighted by atomic mass is 9.78. The second-order valence-corrected chi connectivity index (χ2v) is 13.9. The number of phenolic OH excluding ortho intramolecular Hbond substituents is 1. The smallest absolute Gasteiger partial charge is 0.319 e. The van der Waals surface area contributed by atoms with Crippen LogP contribution >= 0.6 is 0 Å². The predicted molar refractivity (Wildman–Crippen MR) is 169 cm³/mol. The molecule has 4 aliphatic rings. The SMILES string of the molecule is CCc1c(F)ccc2cc(O)cc(-c3ncc4c(N5CCCC6(COC6)C5)nc(OC[C@@]56CCCN5C[C@H](C)C6)nc4c3F)c12. The number of hydrogen-bond donors (Lipinski definition) is 1. The fourth-order valence-electron chi connectivity index (χ4n) is 8.58. The van der Waals surface area contributed by atoms with Crippen LogP contribution in [0.15, 0.2) is 30.5 Å². The molecule has 4 fully saturated rings. The Morgan fingerprint density at radius 3 is 2.76 bits per heavy atom. The third-order valence-corrected chi connectivity index (χ3v) is 10.7. The lowest BCUT2D eigenvalue weighted by Gasteiger charge is -2.48. The van der Waals surface area contributed by atoms with E-state index >= 15 is 4.39 Å². The minimum Gasteiger partial charge on any atom is -0.508 e. The molecule has 4 aromatic rings. The van der Waals surface area contributed by atoms with Gasteiger partial charge in [0.1, 0.15) is 35.2 Å². The average molecular weight is 616 g/mol. The van der Waals surface area contributed by atoms with E-state index in [-0.39, 0.29) is 39.7 Å². The molecule has 4 saturated heterocycles. The first-order valence-corrected chi connectivity index (χ1v) is 16.3. The summed E-state index contributed by atoms with van der Waals surface area (Å²) in [7, 11) is 0. The van der Waals surface area contributed by atoms with Crippen LogP contribution < -0.4 is 9.64 Å². The Hall–Kier alpha value is -3.63. The molecule has 8 nitrogen and oxygen atoms in total. The fraction of sp³-hybridized carbons (Fsp3) is 0.514. The third kappa shape index (κ3) is 4.71. The number of aryl methyl sites for hydroxylation is 1. The van der Waals surface area contributed by atoms with Crippen LogP contribution in [0.25, 0.3) is 32.9 Å². The number of anilines is 1. The molecular weight excluding hydrogens is 576 g/mol. The summed E-state index contributed by atoms with van der Waals surface area (Å²) in [6, 6.07) is 6.16. The zero-order valence-corrected chi connectivity index (χ0v) is 25.9. The number of rotatable bonds is 6. The number of nitrogens with zero attached hydrogens (tertiary/aromatic N) is 5. The standard InChI is InChI=1S/C35H39F2N5O3/c1-3-24-27(36)7-6-22-12-23(43)13-25(28(22)24)30-29(37)31-26(15-38-30)32(41-10-4-8-34(17-41)18-44-19-34)40-33(39-31)45-20-35-9-5-11-42(35)16-21(2)14-35/h6-7,12-13,15,21,43H,3-5,8-11,14,16-20H2,1-2H3/t21-,35+/m1/s1. The van der Waals surface area contributed by atoms with Crippen molar-refractivity contribution in [1.29, 1.82) is 0 Å². The minimum absolute atomic E-state index is 0.00647. The molecule has 0 amide bonds. The van der Waals surface area contributed by atoms with Gasteiger partial charge in [0.2, 0.25) is 0 Å². The molecule has 1 N–H and O–H groups in total. The number of piperidine rings is 1. The maximum atomic E-state index is 16.9. The Balaban J connectivity index is 1.27. The maximum absolute atomic E-state index is 16.9. The predicted octanol–water partition coefficient (Wildman–Crippen LogP) is 6.26. The van der Waals surface area contributed by atoms with Gasteiger partial charge in [-0.25, -0.2) is 8.78 Å². The van der Waals surface area contributed by atoms with Crippen LogP contribution in [0.1, 0.15) is 51.5 Å². The van der Waals surface area contributed by atoms with Crippen LogP contribution in [0.3, 0.4) is 0 Å². The van der Waals surface area contributed by atoms with Crippen LogP contribution in [-0.4, -0.2) is 76.5 Å². The zero-order chi connectivity index (χ0) is 30.9. The number of halogens is 2. The summed E-state index contributed by atoms with van der Waals surface area (Å²) >= 11 is 0. The van der Waals surface area contributed by atoms with Gasteiger partial charge in [-0.2, -0.15) is 9.97 Å². The Bertz CT molecular complexity index is 1810. The highest BCUT2D eigenvalue weighted by Gasteiger charge is 2.48. The molecule has 0 unspecified atom stereocenters. The first-order chi connectivity index (χ1) is 21.8. The molecule has 2 aromatic carbocycles. The van der Waals surface area contributed by atoms with E-state index in [2.05, 4.69) is 26.7 Å². The summed E-state index contributed by atoms with van der Waals surface area (Å²) < 4.78 is 43.9. The number of fused-ring (bicyclic) bond motifs is 3. The summed E-state index contributed by atoms with van der Waals surface area (Å²) in [5, 5.41) is 12.3. The highest BCUT2D eigenvalue weighted by molar-refractivity contribution is 6.01. The van der Waals surface area contributed by atoms with E-state index in [1.807, 2.05) is 6.92 Å². The molecule has 0 bridgehead atoms. The first-order valence-electron chi connectivity index (χ1n) is 16.3. The molecule has 0 aliphatic carbocycles. The van der Waals surface area contributed by atoms with Crippen molar-refractivity contribution >= 4 is 27.5 Å². The number of ether oxygens (including phenoxy) is 2. The van der Waals surface area contributed by atoms with Crippen molar-refractivity contribution < 1.29 is 23.4 Å². The third-order valence-electron chi connectivity index (χ3n) is 10.7. The van der Waals surface area contributed by atoms with E-state index in [1.165, 1.54) is 12.1 Å². The second kappa shape index (κ2) is 10.7. The van der Waals surface area contributed by atoms with Gasteiger partial charge in [-0.3, -0.25) is 9.88 Å². The number of benzene rings is 2. The number of phenols is 1. The van der Waals surface area contributed by atoms with Crippen molar-refractivity contribution in [2.24, 2.45) is 11.3 Å². The van der Waals surface area contributed by atoms with Gasteiger partial charge in [-0.15, -0.1) is 0 Å².